The van der Waals surface area contributed by atoms with E-state index in [9.17, 15) is 9.90 Å². The van der Waals surface area contributed by atoms with Gasteiger partial charge in [0.15, 0.2) is 5.69 Å². The molecular formula is C14H15N3O2. The van der Waals surface area contributed by atoms with E-state index in [4.69, 9.17) is 0 Å². The summed E-state index contributed by atoms with van der Waals surface area (Å²) >= 11 is 0. The van der Waals surface area contributed by atoms with Crippen molar-refractivity contribution in [2.45, 2.75) is 20.8 Å². The van der Waals surface area contributed by atoms with Gasteiger partial charge in [-0.25, -0.2) is 9.78 Å². The minimum absolute atomic E-state index is 0.281. The number of hydrogen-bond acceptors (Lipinski definition) is 2. The summed E-state index contributed by atoms with van der Waals surface area (Å²) in [6, 6.07) is 3.93. The number of imidazole rings is 2. The molecule has 0 saturated carbocycles. The Balaban J connectivity index is 2.61. The van der Waals surface area contributed by atoms with E-state index < -0.39 is 5.97 Å². The molecule has 0 bridgehead atoms. The van der Waals surface area contributed by atoms with Crippen LogP contribution >= 0.6 is 0 Å². The van der Waals surface area contributed by atoms with Crippen molar-refractivity contribution in [2.24, 2.45) is 7.05 Å². The Kier molecular flexibility index (Phi) is 2.23. The standard InChI is InChI=1S/C14H15N3O2/c1-7-5-6-10-11(8(7)2)15-14-16(4)9(3)12(13(18)19)17(10)14/h5-6H,1-4H3,(H,18,19). The fourth-order valence-electron chi connectivity index (χ4n) is 2.53. The largest absolute Gasteiger partial charge is 0.477 e. The van der Waals surface area contributed by atoms with Crippen molar-refractivity contribution in [2.75, 3.05) is 0 Å². The van der Waals surface area contributed by atoms with Crippen LogP contribution < -0.4 is 0 Å². The maximum atomic E-state index is 11.5. The third-order valence-electron chi connectivity index (χ3n) is 3.91. The van der Waals surface area contributed by atoms with Crippen LogP contribution in [0.3, 0.4) is 0 Å². The molecule has 0 aliphatic carbocycles. The molecule has 2 heterocycles. The van der Waals surface area contributed by atoms with Crippen LogP contribution in [0.25, 0.3) is 16.8 Å². The molecule has 5 nitrogen and oxygen atoms in total. The molecule has 1 aromatic carbocycles. The molecule has 0 aliphatic heterocycles. The van der Waals surface area contributed by atoms with Gasteiger partial charge in [0, 0.05) is 12.7 Å². The third kappa shape index (κ3) is 1.35. The van der Waals surface area contributed by atoms with Gasteiger partial charge in [0.25, 0.3) is 0 Å². The summed E-state index contributed by atoms with van der Waals surface area (Å²) in [6.07, 6.45) is 0. The lowest BCUT2D eigenvalue weighted by atomic mass is 10.1. The Morgan fingerprint density at radius 2 is 1.95 bits per heavy atom. The van der Waals surface area contributed by atoms with E-state index in [0.717, 1.165) is 22.2 Å². The number of aromatic carboxylic acids is 1. The Labute approximate surface area is 110 Å². The van der Waals surface area contributed by atoms with Crippen molar-refractivity contribution < 1.29 is 9.90 Å². The van der Waals surface area contributed by atoms with Gasteiger partial charge in [-0.15, -0.1) is 0 Å². The number of benzene rings is 1. The highest BCUT2D eigenvalue weighted by Crippen LogP contribution is 2.26. The number of carboxylic acid groups (broad SMARTS) is 1. The van der Waals surface area contributed by atoms with E-state index in [1.807, 2.05) is 37.6 Å². The van der Waals surface area contributed by atoms with Gasteiger partial charge in [0.05, 0.1) is 11.0 Å². The second-order valence-electron chi connectivity index (χ2n) is 4.92. The van der Waals surface area contributed by atoms with Gasteiger partial charge < -0.3 is 9.67 Å². The number of nitrogens with zero attached hydrogens (tertiary/aromatic N) is 3. The van der Waals surface area contributed by atoms with Crippen molar-refractivity contribution in [3.05, 3.63) is 34.6 Å². The number of carboxylic acids is 1. The summed E-state index contributed by atoms with van der Waals surface area (Å²) in [6.45, 7) is 5.84. The number of fused-ring (bicyclic) bond motifs is 3. The topological polar surface area (TPSA) is 59.5 Å². The van der Waals surface area contributed by atoms with E-state index in [-0.39, 0.29) is 5.69 Å². The van der Waals surface area contributed by atoms with E-state index in [1.54, 1.807) is 11.3 Å². The Bertz CT molecular complexity index is 840. The third-order valence-corrected chi connectivity index (χ3v) is 3.91. The van der Waals surface area contributed by atoms with Crippen molar-refractivity contribution in [1.82, 2.24) is 14.0 Å². The predicted molar refractivity (Wildman–Crippen MR) is 72.8 cm³/mol. The minimum Gasteiger partial charge on any atom is -0.477 e. The van der Waals surface area contributed by atoms with Crippen LogP contribution in [0, 0.1) is 20.8 Å². The molecule has 98 valence electrons. The molecule has 1 N–H and O–H groups in total. The number of carbonyl (C=O) groups is 1. The fraction of sp³-hybridized carbons (Fsp3) is 0.286. The highest BCUT2D eigenvalue weighted by atomic mass is 16.4. The Hall–Kier alpha value is -2.30. The van der Waals surface area contributed by atoms with E-state index in [2.05, 4.69) is 4.98 Å². The average Bonchev–Trinajstić information content (AvgIpc) is 2.83. The molecule has 0 fully saturated rings. The summed E-state index contributed by atoms with van der Waals surface area (Å²) in [7, 11) is 1.84. The monoisotopic (exact) mass is 257 g/mol. The van der Waals surface area contributed by atoms with Crippen LogP contribution in [0.15, 0.2) is 12.1 Å². The molecule has 0 radical (unpaired) electrons. The van der Waals surface area contributed by atoms with Crippen LogP contribution in [0.1, 0.15) is 27.3 Å². The molecule has 0 unspecified atom stereocenters. The average molecular weight is 257 g/mol. The maximum Gasteiger partial charge on any atom is 0.354 e. The number of aromatic nitrogens is 3. The highest BCUT2D eigenvalue weighted by molar-refractivity contribution is 5.93. The molecule has 0 aliphatic rings. The van der Waals surface area contributed by atoms with Crippen LogP contribution in [0.2, 0.25) is 0 Å². The van der Waals surface area contributed by atoms with Gasteiger partial charge in [-0.05, 0) is 38.0 Å². The molecule has 2 aromatic heterocycles. The van der Waals surface area contributed by atoms with Gasteiger partial charge in [-0.1, -0.05) is 6.07 Å². The number of hydrogen-bond donors (Lipinski definition) is 1. The highest BCUT2D eigenvalue weighted by Gasteiger charge is 2.22. The summed E-state index contributed by atoms with van der Waals surface area (Å²) in [5.74, 6) is -0.265. The molecule has 0 saturated heterocycles. The molecule has 0 atom stereocenters. The van der Waals surface area contributed by atoms with Crippen molar-refractivity contribution >= 4 is 22.8 Å². The van der Waals surface area contributed by atoms with Gasteiger partial charge in [0.2, 0.25) is 5.78 Å². The second kappa shape index (κ2) is 3.60. The second-order valence-corrected chi connectivity index (χ2v) is 4.92. The molecule has 3 aromatic rings. The Morgan fingerprint density at radius 3 is 2.58 bits per heavy atom. The van der Waals surface area contributed by atoms with Crippen molar-refractivity contribution in [3.8, 4) is 0 Å². The van der Waals surface area contributed by atoms with Gasteiger partial charge in [-0.2, -0.15) is 0 Å². The van der Waals surface area contributed by atoms with E-state index in [1.165, 1.54) is 0 Å². The van der Waals surface area contributed by atoms with E-state index in [0.29, 0.717) is 11.5 Å². The quantitative estimate of drug-likeness (QED) is 0.728. The van der Waals surface area contributed by atoms with E-state index >= 15 is 0 Å². The zero-order valence-electron chi connectivity index (χ0n) is 11.4. The molecule has 3 rings (SSSR count). The van der Waals surface area contributed by atoms with Crippen LogP contribution in [-0.4, -0.2) is 25.0 Å². The van der Waals surface area contributed by atoms with Crippen molar-refractivity contribution in [1.29, 1.82) is 0 Å². The number of rotatable bonds is 1. The summed E-state index contributed by atoms with van der Waals surface area (Å²) in [5, 5.41) is 9.42. The van der Waals surface area contributed by atoms with Crippen LogP contribution in [0.4, 0.5) is 0 Å². The minimum atomic E-state index is -0.930. The molecule has 19 heavy (non-hydrogen) atoms. The first-order valence-electron chi connectivity index (χ1n) is 6.10. The number of aryl methyl sites for hydroxylation is 3. The summed E-state index contributed by atoms with van der Waals surface area (Å²) in [4.78, 5) is 16.1. The predicted octanol–water partition coefficient (Wildman–Crippen LogP) is 2.45. The lowest BCUT2D eigenvalue weighted by Gasteiger charge is -2.01. The smallest absolute Gasteiger partial charge is 0.354 e. The first kappa shape index (κ1) is 11.8. The van der Waals surface area contributed by atoms with Crippen molar-refractivity contribution in [3.63, 3.8) is 0 Å². The SMILES string of the molecule is Cc1ccc2c(nc3n(C)c(C)c(C(=O)O)n23)c1C. The fourth-order valence-corrected chi connectivity index (χ4v) is 2.53. The molecule has 0 amide bonds. The summed E-state index contributed by atoms with van der Waals surface area (Å²) < 4.78 is 3.54. The lowest BCUT2D eigenvalue weighted by Crippen LogP contribution is -2.04. The molecule has 0 spiro atoms. The maximum absolute atomic E-state index is 11.5. The van der Waals surface area contributed by atoms with Gasteiger partial charge in [0.1, 0.15) is 0 Å². The van der Waals surface area contributed by atoms with Gasteiger partial charge in [-0.3, -0.25) is 4.40 Å². The first-order valence-corrected chi connectivity index (χ1v) is 6.10. The van der Waals surface area contributed by atoms with Gasteiger partial charge >= 0.3 is 5.97 Å². The first-order chi connectivity index (χ1) is 8.93. The van der Waals surface area contributed by atoms with Crippen LogP contribution in [0.5, 0.6) is 0 Å². The van der Waals surface area contributed by atoms with Crippen LogP contribution in [-0.2, 0) is 7.05 Å². The molecular weight excluding hydrogens is 242 g/mol. The zero-order valence-corrected chi connectivity index (χ0v) is 11.4. The normalized spacial score (nSPS) is 11.6. The Morgan fingerprint density at radius 1 is 1.26 bits per heavy atom. The zero-order chi connectivity index (χ0) is 13.9. The summed E-state index contributed by atoms with van der Waals surface area (Å²) in [5.41, 5.74) is 4.95. The molecule has 5 heteroatoms. The lowest BCUT2D eigenvalue weighted by molar-refractivity contribution is 0.0688.